The minimum Gasteiger partial charge on any atom is -0.493 e. The molecule has 4 saturated heterocycles. The second-order valence-corrected chi connectivity index (χ2v) is 22.6. The third kappa shape index (κ3) is 9.43. The van der Waals surface area contributed by atoms with Crippen LogP contribution in [0.3, 0.4) is 0 Å². The molecule has 8 aromatic rings. The molecule has 0 saturated carbocycles. The van der Waals surface area contributed by atoms with Crippen molar-refractivity contribution in [2.45, 2.75) is 102 Å². The second kappa shape index (κ2) is 19.8. The number of hydrogen-bond acceptors (Lipinski definition) is 18. The lowest BCUT2D eigenvalue weighted by atomic mass is 9.95. The summed E-state index contributed by atoms with van der Waals surface area (Å²) in [7, 11) is 3.29. The molecule has 0 amide bonds. The monoisotopic (exact) mass is 1020 g/mol. The quantitative estimate of drug-likeness (QED) is 0.0834. The topological polar surface area (TPSA) is 211 Å². The molecular formula is C50H64N16O4S2. The van der Waals surface area contributed by atoms with Crippen LogP contribution >= 0.6 is 22.7 Å². The fourth-order valence-corrected chi connectivity index (χ4v) is 12.4. The third-order valence-electron chi connectivity index (χ3n) is 14.2. The molecule has 0 spiro atoms. The van der Waals surface area contributed by atoms with Gasteiger partial charge in [0.1, 0.15) is 32.7 Å². The van der Waals surface area contributed by atoms with Crippen molar-refractivity contribution in [2.75, 3.05) is 76.6 Å². The highest BCUT2D eigenvalue weighted by atomic mass is 32.1. The SMILES string of the molecule is COc1cc(-c2n[nH]c(-c3ncc(N4CCC(NC5(C)COC5)CC4)s3)c2C(C)C)cn2ncnc12.COc1cc(-c2n[nH]c(-c3ncc(N4CCC(NC5(C)COC5)CC4)s3)c2C(C)C)cn2ncnc12. The normalized spacial score (nSPS) is 18.2. The van der Waals surface area contributed by atoms with Gasteiger partial charge >= 0.3 is 0 Å². The number of fused-ring (bicyclic) bond motifs is 2. The standard InChI is InChI=1S/2C25H32N8O2S/c2*1-15(2)20-21(16-9-18(34-4)23-27-14-28-33(23)11-16)30-31-22(20)24-26-10-19(36-24)32-7-5-17(6-8-32)29-25(3)12-35-13-25/h2*9-11,14-15,17,29H,5-8,12-13H2,1-4H3,(H,30,31). The first-order valence-electron chi connectivity index (χ1n) is 24.9. The Morgan fingerprint density at radius 2 is 1.03 bits per heavy atom. The lowest BCUT2D eigenvalue weighted by molar-refractivity contribution is -0.0703. The van der Waals surface area contributed by atoms with E-state index in [2.05, 4.69) is 92.3 Å². The van der Waals surface area contributed by atoms with Crippen molar-refractivity contribution in [1.29, 1.82) is 0 Å². The largest absolute Gasteiger partial charge is 0.493 e. The van der Waals surface area contributed by atoms with Gasteiger partial charge in [-0.2, -0.15) is 20.4 Å². The van der Waals surface area contributed by atoms with Gasteiger partial charge in [0.25, 0.3) is 0 Å². The number of anilines is 2. The number of ether oxygens (including phenoxy) is 4. The minimum absolute atomic E-state index is 0.151. The first-order valence-corrected chi connectivity index (χ1v) is 26.6. The van der Waals surface area contributed by atoms with Crippen molar-refractivity contribution in [1.82, 2.24) is 70.2 Å². The Balaban J connectivity index is 0.000000156. The maximum atomic E-state index is 5.57. The smallest absolute Gasteiger partial charge is 0.197 e. The highest BCUT2D eigenvalue weighted by molar-refractivity contribution is 7.19. The van der Waals surface area contributed by atoms with Crippen LogP contribution in [0.5, 0.6) is 11.5 Å². The molecule has 0 aliphatic carbocycles. The number of pyridine rings is 2. The van der Waals surface area contributed by atoms with Crippen molar-refractivity contribution in [3.05, 3.63) is 60.7 Å². The number of aromatic amines is 2. The number of methoxy groups -OCH3 is 2. The molecule has 0 bridgehead atoms. The van der Waals surface area contributed by atoms with E-state index in [0.717, 1.165) is 133 Å². The van der Waals surface area contributed by atoms with Gasteiger partial charge in [-0.3, -0.25) is 10.2 Å². The van der Waals surface area contributed by atoms with E-state index in [4.69, 9.17) is 39.1 Å². The summed E-state index contributed by atoms with van der Waals surface area (Å²) in [6, 6.07) is 5.03. The number of thiazole rings is 2. The van der Waals surface area contributed by atoms with E-state index in [9.17, 15) is 0 Å². The lowest BCUT2D eigenvalue weighted by Crippen LogP contribution is -2.62. The number of nitrogens with zero attached hydrogens (tertiary/aromatic N) is 12. The van der Waals surface area contributed by atoms with Crippen LogP contribution in [-0.2, 0) is 9.47 Å². The van der Waals surface area contributed by atoms with Crippen LogP contribution in [0.15, 0.2) is 49.6 Å². The van der Waals surface area contributed by atoms with Crippen LogP contribution in [0.25, 0.3) is 55.2 Å². The minimum atomic E-state index is 0.151. The molecule has 20 nitrogen and oxygen atoms in total. The Morgan fingerprint density at radius 3 is 1.38 bits per heavy atom. The van der Waals surface area contributed by atoms with E-state index in [1.165, 1.54) is 22.7 Å². The fraction of sp³-hybridized carbons (Fsp3) is 0.520. The molecule has 72 heavy (non-hydrogen) atoms. The van der Waals surface area contributed by atoms with Crippen molar-refractivity contribution in [3.8, 4) is 55.4 Å². The average Bonchev–Trinajstić information content (AvgIpc) is 4.23. The van der Waals surface area contributed by atoms with E-state index in [-0.39, 0.29) is 22.9 Å². The van der Waals surface area contributed by atoms with E-state index >= 15 is 0 Å². The van der Waals surface area contributed by atoms with Gasteiger partial charge in [0.15, 0.2) is 22.8 Å². The summed E-state index contributed by atoms with van der Waals surface area (Å²) in [5.74, 6) is 1.82. The first kappa shape index (κ1) is 48.2. The first-order chi connectivity index (χ1) is 34.9. The zero-order valence-corrected chi connectivity index (χ0v) is 43.9. The molecule has 0 aromatic carbocycles. The summed E-state index contributed by atoms with van der Waals surface area (Å²) < 4.78 is 25.4. The molecule has 4 fully saturated rings. The Bertz CT molecular complexity index is 2940. The predicted octanol–water partition coefficient (Wildman–Crippen LogP) is 7.44. The Labute approximate surface area is 426 Å². The fourth-order valence-electron chi connectivity index (χ4n) is 10.5. The van der Waals surface area contributed by atoms with Crippen molar-refractivity contribution < 1.29 is 18.9 Å². The summed E-state index contributed by atoms with van der Waals surface area (Å²) in [6.07, 6.45) is 15.5. The molecule has 12 rings (SSSR count). The highest BCUT2D eigenvalue weighted by Gasteiger charge is 2.38. The molecule has 0 unspecified atom stereocenters. The van der Waals surface area contributed by atoms with Crippen LogP contribution in [0, 0.1) is 0 Å². The number of rotatable bonds is 14. The zero-order valence-electron chi connectivity index (χ0n) is 42.2. The summed E-state index contributed by atoms with van der Waals surface area (Å²) >= 11 is 3.45. The molecule has 22 heteroatoms. The van der Waals surface area contributed by atoms with E-state index < -0.39 is 0 Å². The van der Waals surface area contributed by atoms with Crippen molar-refractivity contribution in [3.63, 3.8) is 0 Å². The number of hydrogen-bond donors (Lipinski definition) is 4. The summed E-state index contributed by atoms with van der Waals surface area (Å²) in [5.41, 5.74) is 9.50. The molecule has 0 radical (unpaired) electrons. The number of aromatic nitrogens is 12. The lowest BCUT2D eigenvalue weighted by Gasteiger charge is -2.44. The van der Waals surface area contributed by atoms with Crippen molar-refractivity contribution >= 4 is 44.0 Å². The van der Waals surface area contributed by atoms with Crippen LogP contribution in [0.1, 0.15) is 90.2 Å². The molecule has 12 heterocycles. The summed E-state index contributed by atoms with van der Waals surface area (Å²) in [4.78, 5) is 23.1. The molecule has 4 aliphatic heterocycles. The van der Waals surface area contributed by atoms with Gasteiger partial charge in [0.05, 0.1) is 86.9 Å². The van der Waals surface area contributed by atoms with E-state index in [1.807, 2.05) is 36.9 Å². The molecule has 4 N–H and O–H groups in total. The van der Waals surface area contributed by atoms with Gasteiger partial charge in [0, 0.05) is 72.9 Å². The molecule has 8 aromatic heterocycles. The Hall–Kier alpha value is -6.04. The maximum absolute atomic E-state index is 5.57. The maximum Gasteiger partial charge on any atom is 0.197 e. The average molecular weight is 1020 g/mol. The van der Waals surface area contributed by atoms with E-state index in [1.54, 1.807) is 45.9 Å². The molecule has 380 valence electrons. The number of nitrogens with one attached hydrogen (secondary N) is 4. The van der Waals surface area contributed by atoms with Gasteiger partial charge in [-0.1, -0.05) is 50.4 Å². The van der Waals surface area contributed by atoms with Gasteiger partial charge in [0.2, 0.25) is 0 Å². The highest BCUT2D eigenvalue weighted by Crippen LogP contribution is 2.42. The molecule has 4 aliphatic rings. The third-order valence-corrected chi connectivity index (χ3v) is 16.4. The molecule has 0 atom stereocenters. The van der Waals surface area contributed by atoms with E-state index in [0.29, 0.717) is 34.9 Å². The summed E-state index contributed by atoms with van der Waals surface area (Å²) in [6.45, 7) is 20.6. The molecular weight excluding hydrogens is 953 g/mol. The van der Waals surface area contributed by atoms with Gasteiger partial charge < -0.3 is 39.4 Å². The Kier molecular flexibility index (Phi) is 13.2. The van der Waals surface area contributed by atoms with Crippen LogP contribution in [-0.4, -0.2) is 150 Å². The predicted molar refractivity (Wildman–Crippen MR) is 280 cm³/mol. The number of H-pyrrole nitrogens is 2. The van der Waals surface area contributed by atoms with Gasteiger partial charge in [-0.05, 0) is 63.5 Å². The summed E-state index contributed by atoms with van der Waals surface area (Å²) in [5, 5.41) is 36.5. The van der Waals surface area contributed by atoms with Crippen LogP contribution in [0.2, 0.25) is 0 Å². The van der Waals surface area contributed by atoms with Crippen LogP contribution < -0.4 is 29.9 Å². The van der Waals surface area contributed by atoms with Gasteiger partial charge in [-0.25, -0.2) is 29.0 Å². The van der Waals surface area contributed by atoms with Gasteiger partial charge in [-0.15, -0.1) is 0 Å². The Morgan fingerprint density at radius 1 is 0.625 bits per heavy atom. The second-order valence-electron chi connectivity index (χ2n) is 20.6. The van der Waals surface area contributed by atoms with Crippen molar-refractivity contribution in [2.24, 2.45) is 0 Å². The number of piperidine rings is 2. The van der Waals surface area contributed by atoms with Crippen LogP contribution in [0.4, 0.5) is 10.0 Å². The zero-order chi connectivity index (χ0) is 49.7.